The second-order valence-electron chi connectivity index (χ2n) is 5.95. The summed E-state index contributed by atoms with van der Waals surface area (Å²) in [5, 5.41) is 8.91. The minimum absolute atomic E-state index is 0.121. The highest BCUT2D eigenvalue weighted by Crippen LogP contribution is 2.09. The van der Waals surface area contributed by atoms with Gasteiger partial charge in [-0.05, 0) is 30.5 Å². The molecule has 0 saturated heterocycles. The van der Waals surface area contributed by atoms with Gasteiger partial charge in [0.25, 0.3) is 5.91 Å². The van der Waals surface area contributed by atoms with Crippen LogP contribution in [0.2, 0.25) is 0 Å². The Bertz CT molecular complexity index is 758. The number of esters is 1. The molecule has 0 aliphatic rings. The summed E-state index contributed by atoms with van der Waals surface area (Å²) >= 11 is 0. The maximum Gasteiger partial charge on any atom is 0.321 e. The fourth-order valence-corrected chi connectivity index (χ4v) is 2.26. The number of unbranched alkanes of at least 4 members (excludes halogenated alkanes) is 1. The van der Waals surface area contributed by atoms with Gasteiger partial charge in [0.05, 0.1) is 11.9 Å². The Morgan fingerprint density at radius 2 is 1.96 bits per heavy atom. The lowest BCUT2D eigenvalue weighted by molar-refractivity contribution is -0.148. The zero-order valence-electron chi connectivity index (χ0n) is 15.3. The number of carbonyl (C=O) groups excluding carboxylic acids is 3. The molecule has 8 nitrogen and oxygen atoms in total. The second-order valence-corrected chi connectivity index (χ2v) is 5.95. The van der Waals surface area contributed by atoms with Crippen molar-refractivity contribution in [3.8, 4) is 5.69 Å². The maximum absolute atomic E-state index is 11.8. The highest BCUT2D eigenvalue weighted by atomic mass is 16.5. The van der Waals surface area contributed by atoms with Gasteiger partial charge in [-0.2, -0.15) is 5.10 Å². The number of benzene rings is 1. The van der Waals surface area contributed by atoms with Crippen molar-refractivity contribution in [2.45, 2.75) is 32.6 Å². The van der Waals surface area contributed by atoms with Crippen molar-refractivity contribution < 1.29 is 19.1 Å². The van der Waals surface area contributed by atoms with Crippen LogP contribution in [0.3, 0.4) is 0 Å². The topological polar surface area (TPSA) is 102 Å². The number of urea groups is 1. The van der Waals surface area contributed by atoms with Crippen molar-refractivity contribution in [2.24, 2.45) is 0 Å². The van der Waals surface area contributed by atoms with Crippen LogP contribution in [0.15, 0.2) is 42.7 Å². The summed E-state index contributed by atoms with van der Waals surface area (Å²) in [6, 6.07) is 9.04. The minimum Gasteiger partial charge on any atom is -0.456 e. The Hall–Kier alpha value is -3.16. The number of rotatable bonds is 9. The molecule has 0 spiro atoms. The number of nitrogens with one attached hydrogen (secondary N) is 2. The highest BCUT2D eigenvalue weighted by molar-refractivity contribution is 5.95. The monoisotopic (exact) mass is 372 g/mol. The number of hydrogen-bond acceptors (Lipinski definition) is 5. The molecule has 0 aliphatic heterocycles. The van der Waals surface area contributed by atoms with E-state index in [9.17, 15) is 14.4 Å². The maximum atomic E-state index is 11.8. The number of carbonyl (C=O) groups is 3. The van der Waals surface area contributed by atoms with Crippen LogP contribution >= 0.6 is 0 Å². The number of ether oxygens (including phenoxy) is 1. The average molecular weight is 372 g/mol. The van der Waals surface area contributed by atoms with Gasteiger partial charge in [-0.25, -0.2) is 9.48 Å². The van der Waals surface area contributed by atoms with E-state index >= 15 is 0 Å². The Morgan fingerprint density at radius 1 is 1.19 bits per heavy atom. The van der Waals surface area contributed by atoms with Crippen LogP contribution in [-0.2, 0) is 20.7 Å². The first kappa shape index (κ1) is 20.2. The van der Waals surface area contributed by atoms with Gasteiger partial charge in [-0.1, -0.05) is 31.5 Å². The van der Waals surface area contributed by atoms with Crippen LogP contribution in [0.5, 0.6) is 0 Å². The van der Waals surface area contributed by atoms with Crippen LogP contribution in [0.25, 0.3) is 5.69 Å². The molecule has 0 aliphatic carbocycles. The minimum atomic E-state index is -0.658. The quantitative estimate of drug-likeness (QED) is 0.518. The number of amides is 3. The number of aryl methyl sites for hydroxylation is 1. The molecule has 2 N–H and O–H groups in total. The molecule has 0 radical (unpaired) electrons. The first-order valence-corrected chi connectivity index (χ1v) is 8.90. The lowest BCUT2D eigenvalue weighted by Gasteiger charge is -2.07. The van der Waals surface area contributed by atoms with E-state index in [0.717, 1.165) is 24.1 Å². The van der Waals surface area contributed by atoms with E-state index in [1.807, 2.05) is 43.5 Å². The molecule has 1 aromatic heterocycles. The first-order valence-electron chi connectivity index (χ1n) is 8.90. The third-order valence-corrected chi connectivity index (χ3v) is 3.71. The molecular formula is C19H24N4O4. The van der Waals surface area contributed by atoms with E-state index in [1.54, 1.807) is 10.9 Å². The third-order valence-electron chi connectivity index (χ3n) is 3.71. The predicted molar refractivity (Wildman–Crippen MR) is 99.3 cm³/mol. The van der Waals surface area contributed by atoms with E-state index in [-0.39, 0.29) is 6.42 Å². The fourth-order valence-electron chi connectivity index (χ4n) is 2.26. The SMILES string of the molecule is CCCCNC(=O)NC(=O)COC(=O)CCc1cnn(-c2ccccc2)c1. The molecule has 8 heteroatoms. The lowest BCUT2D eigenvalue weighted by atomic mass is 10.2. The largest absolute Gasteiger partial charge is 0.456 e. The van der Waals surface area contributed by atoms with Gasteiger partial charge in [0.2, 0.25) is 0 Å². The Morgan fingerprint density at radius 3 is 2.70 bits per heavy atom. The van der Waals surface area contributed by atoms with Crippen molar-refractivity contribution in [3.63, 3.8) is 0 Å². The van der Waals surface area contributed by atoms with Crippen LogP contribution in [0.4, 0.5) is 4.79 Å². The Kier molecular flexibility index (Phi) is 8.02. The van der Waals surface area contributed by atoms with Crippen molar-refractivity contribution >= 4 is 17.9 Å². The molecule has 2 aromatic rings. The first-order chi connectivity index (χ1) is 13.1. The molecule has 0 fully saturated rings. The van der Waals surface area contributed by atoms with E-state index < -0.39 is 24.5 Å². The lowest BCUT2D eigenvalue weighted by Crippen LogP contribution is -2.41. The van der Waals surface area contributed by atoms with Gasteiger partial charge in [-0.15, -0.1) is 0 Å². The van der Waals surface area contributed by atoms with Crippen LogP contribution in [0.1, 0.15) is 31.7 Å². The molecule has 0 atom stereocenters. The molecule has 1 heterocycles. The van der Waals surface area contributed by atoms with Crippen molar-refractivity contribution in [2.75, 3.05) is 13.2 Å². The number of nitrogens with zero attached hydrogens (tertiary/aromatic N) is 2. The summed E-state index contributed by atoms with van der Waals surface area (Å²) in [5.74, 6) is -1.17. The number of aromatic nitrogens is 2. The summed E-state index contributed by atoms with van der Waals surface area (Å²) in [6.07, 6.45) is 5.87. The van der Waals surface area contributed by atoms with Crippen molar-refractivity contribution in [3.05, 3.63) is 48.3 Å². The summed E-state index contributed by atoms with van der Waals surface area (Å²) in [5.41, 5.74) is 1.82. The molecule has 0 bridgehead atoms. The average Bonchev–Trinajstić information content (AvgIpc) is 3.15. The van der Waals surface area contributed by atoms with Gasteiger partial charge in [0, 0.05) is 19.2 Å². The molecule has 3 amide bonds. The smallest absolute Gasteiger partial charge is 0.321 e. The standard InChI is InChI=1S/C19H24N4O4/c1-2-3-11-20-19(26)22-17(24)14-27-18(25)10-9-15-12-21-23(13-15)16-7-5-4-6-8-16/h4-8,12-13H,2-3,9-11,14H2,1H3,(H2,20,22,24,26). The van der Waals surface area contributed by atoms with Gasteiger partial charge in [0.1, 0.15) is 0 Å². The van der Waals surface area contributed by atoms with Gasteiger partial charge >= 0.3 is 12.0 Å². The zero-order chi connectivity index (χ0) is 19.5. The van der Waals surface area contributed by atoms with E-state index in [1.165, 1.54) is 0 Å². The predicted octanol–water partition coefficient (Wildman–Crippen LogP) is 1.97. The number of hydrogen-bond donors (Lipinski definition) is 2. The van der Waals surface area contributed by atoms with Gasteiger partial charge in [-0.3, -0.25) is 14.9 Å². The molecular weight excluding hydrogens is 348 g/mol. The molecule has 0 unspecified atom stereocenters. The number of imide groups is 1. The van der Waals surface area contributed by atoms with Crippen molar-refractivity contribution in [1.82, 2.24) is 20.4 Å². The zero-order valence-corrected chi connectivity index (χ0v) is 15.3. The fraction of sp³-hybridized carbons (Fsp3) is 0.368. The summed E-state index contributed by atoms with van der Waals surface area (Å²) in [6.45, 7) is 2.01. The Balaban J connectivity index is 1.67. The second kappa shape index (κ2) is 10.7. The summed E-state index contributed by atoms with van der Waals surface area (Å²) < 4.78 is 6.61. The van der Waals surface area contributed by atoms with Crippen LogP contribution < -0.4 is 10.6 Å². The molecule has 27 heavy (non-hydrogen) atoms. The molecule has 2 rings (SSSR count). The molecule has 1 aromatic carbocycles. The third kappa shape index (κ3) is 7.31. The Labute approximate surface area is 157 Å². The highest BCUT2D eigenvalue weighted by Gasteiger charge is 2.11. The summed E-state index contributed by atoms with van der Waals surface area (Å²) in [7, 11) is 0. The van der Waals surface area contributed by atoms with Crippen LogP contribution in [-0.4, -0.2) is 40.8 Å². The van der Waals surface area contributed by atoms with Gasteiger partial charge < -0.3 is 10.1 Å². The van der Waals surface area contributed by atoms with E-state index in [4.69, 9.17) is 4.74 Å². The van der Waals surface area contributed by atoms with E-state index in [0.29, 0.717) is 13.0 Å². The van der Waals surface area contributed by atoms with Crippen LogP contribution in [0, 0.1) is 0 Å². The molecule has 144 valence electrons. The summed E-state index contributed by atoms with van der Waals surface area (Å²) in [4.78, 5) is 34.7. The van der Waals surface area contributed by atoms with Crippen molar-refractivity contribution in [1.29, 1.82) is 0 Å². The number of para-hydroxylation sites is 1. The van der Waals surface area contributed by atoms with Gasteiger partial charge in [0.15, 0.2) is 6.61 Å². The normalized spacial score (nSPS) is 10.3. The molecule has 0 saturated carbocycles. The van der Waals surface area contributed by atoms with E-state index in [2.05, 4.69) is 15.7 Å².